The highest BCUT2D eigenvalue weighted by Crippen LogP contribution is 2.19. The van der Waals surface area contributed by atoms with E-state index in [4.69, 9.17) is 11.6 Å². The lowest BCUT2D eigenvalue weighted by Gasteiger charge is -2.31. The molecular formula is C20H31ClN2O2. The summed E-state index contributed by atoms with van der Waals surface area (Å²) in [4.78, 5) is 27.0. The molecule has 25 heavy (non-hydrogen) atoms. The van der Waals surface area contributed by atoms with Crippen molar-refractivity contribution in [2.24, 2.45) is 0 Å². The number of benzene rings is 1. The Labute approximate surface area is 156 Å². The Kier molecular flexibility index (Phi) is 9.58. The van der Waals surface area contributed by atoms with Crippen molar-refractivity contribution in [3.05, 3.63) is 34.3 Å². The number of unbranched alkanes of at least 4 members (excludes halogenated alkanes) is 2. The molecule has 1 aromatic carbocycles. The average Bonchev–Trinajstić information content (AvgIpc) is 2.59. The van der Waals surface area contributed by atoms with E-state index in [1.807, 2.05) is 32.0 Å². The number of carbonyl (C=O) groups is 2. The fraction of sp³-hybridized carbons (Fsp3) is 0.600. The quantitative estimate of drug-likeness (QED) is 0.633. The van der Waals surface area contributed by atoms with Crippen LogP contribution in [0.25, 0.3) is 0 Å². The monoisotopic (exact) mass is 366 g/mol. The van der Waals surface area contributed by atoms with Gasteiger partial charge in [0.1, 0.15) is 6.04 Å². The number of halogens is 1. The Morgan fingerprint density at radius 1 is 1.20 bits per heavy atom. The molecule has 0 fully saturated rings. The first kappa shape index (κ1) is 21.5. The minimum absolute atomic E-state index is 0.0653. The second kappa shape index (κ2) is 11.1. The predicted molar refractivity (Wildman–Crippen MR) is 104 cm³/mol. The zero-order valence-corrected chi connectivity index (χ0v) is 16.7. The van der Waals surface area contributed by atoms with Crippen molar-refractivity contribution in [1.29, 1.82) is 0 Å². The van der Waals surface area contributed by atoms with Gasteiger partial charge in [0.25, 0.3) is 0 Å². The van der Waals surface area contributed by atoms with Crippen molar-refractivity contribution in [3.8, 4) is 0 Å². The smallest absolute Gasteiger partial charge is 0.242 e. The molecule has 0 heterocycles. The van der Waals surface area contributed by atoms with Crippen molar-refractivity contribution < 1.29 is 9.59 Å². The summed E-state index contributed by atoms with van der Waals surface area (Å²) in [5.41, 5.74) is 2.08. The Hall–Kier alpha value is -1.55. The van der Waals surface area contributed by atoms with Crippen molar-refractivity contribution >= 4 is 23.4 Å². The normalized spacial score (nSPS) is 11.9. The fourth-order valence-corrected chi connectivity index (χ4v) is 3.20. The van der Waals surface area contributed by atoms with Gasteiger partial charge in [-0.1, -0.05) is 44.4 Å². The molecule has 0 saturated heterocycles. The highest BCUT2D eigenvalue weighted by atomic mass is 35.5. The Morgan fingerprint density at radius 3 is 2.48 bits per heavy atom. The molecular weight excluding hydrogens is 336 g/mol. The molecule has 0 saturated carbocycles. The number of nitrogens with one attached hydrogen (secondary N) is 1. The average molecular weight is 367 g/mol. The molecule has 0 aliphatic carbocycles. The van der Waals surface area contributed by atoms with Crippen molar-refractivity contribution in [2.75, 3.05) is 13.6 Å². The third kappa shape index (κ3) is 6.69. The molecule has 140 valence electrons. The van der Waals surface area contributed by atoms with Crippen LogP contribution in [0.5, 0.6) is 0 Å². The zero-order chi connectivity index (χ0) is 18.8. The maximum absolute atomic E-state index is 12.7. The van der Waals surface area contributed by atoms with Gasteiger partial charge in [-0.3, -0.25) is 9.59 Å². The molecule has 0 aliphatic rings. The van der Waals surface area contributed by atoms with E-state index >= 15 is 0 Å². The second-order valence-electron chi connectivity index (χ2n) is 6.45. The predicted octanol–water partition coefficient (Wildman–Crippen LogP) is 4.12. The van der Waals surface area contributed by atoms with Crippen molar-refractivity contribution in [2.45, 2.75) is 65.3 Å². The van der Waals surface area contributed by atoms with Crippen LogP contribution in [0, 0.1) is 6.92 Å². The third-order valence-corrected chi connectivity index (χ3v) is 4.66. The van der Waals surface area contributed by atoms with Gasteiger partial charge in [-0.15, -0.1) is 0 Å². The number of hydrogen-bond donors (Lipinski definition) is 1. The van der Waals surface area contributed by atoms with Crippen LogP contribution in [-0.4, -0.2) is 36.3 Å². The first-order valence-corrected chi connectivity index (χ1v) is 9.58. The van der Waals surface area contributed by atoms with Crippen LogP contribution in [0.3, 0.4) is 0 Å². The number of nitrogens with zero attached hydrogens (tertiary/aromatic N) is 1. The number of aryl methyl sites for hydroxylation is 1. The minimum atomic E-state index is -0.487. The molecule has 1 N–H and O–H groups in total. The number of carbonyl (C=O) groups excluding carboxylic acids is 2. The molecule has 2 amide bonds. The number of hydrogen-bond acceptors (Lipinski definition) is 2. The van der Waals surface area contributed by atoms with Crippen LogP contribution in [0.1, 0.15) is 57.1 Å². The molecule has 0 spiro atoms. The number of amides is 2. The van der Waals surface area contributed by atoms with Gasteiger partial charge in [-0.05, 0) is 43.0 Å². The Morgan fingerprint density at radius 2 is 1.92 bits per heavy atom. The van der Waals surface area contributed by atoms with E-state index in [1.54, 1.807) is 11.9 Å². The molecule has 1 aromatic rings. The summed E-state index contributed by atoms with van der Waals surface area (Å²) in [5, 5.41) is 3.40. The summed E-state index contributed by atoms with van der Waals surface area (Å²) >= 11 is 6.03. The fourth-order valence-electron chi connectivity index (χ4n) is 2.97. The molecule has 0 aliphatic heterocycles. The summed E-state index contributed by atoms with van der Waals surface area (Å²) in [6.45, 7) is 6.72. The van der Waals surface area contributed by atoms with Gasteiger partial charge in [-0.25, -0.2) is 0 Å². The topological polar surface area (TPSA) is 49.4 Å². The van der Waals surface area contributed by atoms with Gasteiger partial charge in [0.05, 0.1) is 0 Å². The van der Waals surface area contributed by atoms with Crippen LogP contribution in [0.2, 0.25) is 5.02 Å². The van der Waals surface area contributed by atoms with Gasteiger partial charge < -0.3 is 10.2 Å². The van der Waals surface area contributed by atoms with E-state index in [0.29, 0.717) is 24.4 Å². The van der Waals surface area contributed by atoms with Gasteiger partial charge in [0.2, 0.25) is 11.8 Å². The highest BCUT2D eigenvalue weighted by molar-refractivity contribution is 6.30. The van der Waals surface area contributed by atoms with Crippen LogP contribution < -0.4 is 5.32 Å². The first-order valence-electron chi connectivity index (χ1n) is 9.20. The van der Waals surface area contributed by atoms with E-state index < -0.39 is 6.04 Å². The summed E-state index contributed by atoms with van der Waals surface area (Å²) in [7, 11) is 1.62. The lowest BCUT2D eigenvalue weighted by atomic mass is 9.98. The Bertz CT molecular complexity index is 575. The summed E-state index contributed by atoms with van der Waals surface area (Å²) in [6.07, 6.45) is 4.81. The van der Waals surface area contributed by atoms with E-state index in [9.17, 15) is 9.59 Å². The van der Waals surface area contributed by atoms with E-state index in [-0.39, 0.29) is 11.8 Å². The van der Waals surface area contributed by atoms with E-state index in [1.165, 1.54) is 0 Å². The summed E-state index contributed by atoms with van der Waals surface area (Å²) in [5.74, 6) is -0.0536. The molecule has 1 atom stereocenters. The largest absolute Gasteiger partial charge is 0.357 e. The standard InChI is InChI=1S/C20H31ClN2O2/c1-5-7-8-9-19(24)23(12-6-2)18(20(25)22-4)14-16-10-11-17(21)13-15(16)3/h10-11,13,18H,5-9,12,14H2,1-4H3,(H,22,25)/t18-/m0/s1. The highest BCUT2D eigenvalue weighted by Gasteiger charge is 2.29. The molecule has 4 nitrogen and oxygen atoms in total. The molecule has 0 aromatic heterocycles. The van der Waals surface area contributed by atoms with Gasteiger partial charge in [0.15, 0.2) is 0 Å². The Balaban J connectivity index is 3.02. The second-order valence-corrected chi connectivity index (χ2v) is 6.89. The van der Waals surface area contributed by atoms with E-state index in [0.717, 1.165) is 36.8 Å². The SMILES string of the molecule is CCCCCC(=O)N(CCC)[C@@H](Cc1ccc(Cl)cc1C)C(=O)NC. The summed E-state index contributed by atoms with van der Waals surface area (Å²) in [6, 6.07) is 5.18. The molecule has 0 bridgehead atoms. The number of rotatable bonds is 10. The minimum Gasteiger partial charge on any atom is -0.357 e. The lowest BCUT2D eigenvalue weighted by molar-refractivity contribution is -0.140. The van der Waals surface area contributed by atoms with Crippen LogP contribution in [0.4, 0.5) is 0 Å². The number of likely N-dealkylation sites (N-methyl/N-ethyl adjacent to an activating group) is 1. The van der Waals surface area contributed by atoms with Gasteiger partial charge in [0, 0.05) is 31.5 Å². The van der Waals surface area contributed by atoms with E-state index in [2.05, 4.69) is 12.2 Å². The lowest BCUT2D eigenvalue weighted by Crippen LogP contribution is -2.50. The molecule has 0 radical (unpaired) electrons. The maximum atomic E-state index is 12.7. The third-order valence-electron chi connectivity index (χ3n) is 4.42. The van der Waals surface area contributed by atoms with Gasteiger partial charge >= 0.3 is 0 Å². The van der Waals surface area contributed by atoms with Crippen molar-refractivity contribution in [3.63, 3.8) is 0 Å². The maximum Gasteiger partial charge on any atom is 0.242 e. The van der Waals surface area contributed by atoms with Gasteiger partial charge in [-0.2, -0.15) is 0 Å². The zero-order valence-electron chi connectivity index (χ0n) is 15.9. The summed E-state index contributed by atoms with van der Waals surface area (Å²) < 4.78 is 0. The van der Waals surface area contributed by atoms with Crippen LogP contribution in [0.15, 0.2) is 18.2 Å². The van der Waals surface area contributed by atoms with Crippen LogP contribution >= 0.6 is 11.6 Å². The first-order chi connectivity index (χ1) is 11.9. The molecule has 0 unspecified atom stereocenters. The van der Waals surface area contributed by atoms with Crippen LogP contribution in [-0.2, 0) is 16.0 Å². The molecule has 5 heteroatoms. The molecule has 1 rings (SSSR count). The van der Waals surface area contributed by atoms with Crippen molar-refractivity contribution in [1.82, 2.24) is 10.2 Å².